The molecule has 0 radical (unpaired) electrons. The standard InChI is InChI=1S/C13H20ClFN5O12P3/c1-6-18-10(16-2)8-11(19-6)20(5-17-8)12-7(15)9(21)13(3-14,30-12)4-29-34(25,26)32-35(27,28)31-33(22,23)24/h5,7,9,12,21H,3-4H2,1-2H3,(H,25,26)(H,27,28)(H,16,18,19)(H2,22,23,24)/t7-,9+,12-,13-/m1/s1. The van der Waals surface area contributed by atoms with Gasteiger partial charge in [0.25, 0.3) is 0 Å². The van der Waals surface area contributed by atoms with Crippen LogP contribution < -0.4 is 5.32 Å². The Hall–Kier alpha value is -1.10. The lowest BCUT2D eigenvalue weighted by atomic mass is 9.99. The molecular weight excluding hydrogens is 566 g/mol. The first-order valence-corrected chi connectivity index (χ1v) is 14.3. The maximum Gasteiger partial charge on any atom is 0.490 e. The van der Waals surface area contributed by atoms with E-state index in [0.717, 1.165) is 10.9 Å². The third-order valence-electron chi connectivity index (χ3n) is 4.63. The molecule has 6 N–H and O–H groups in total. The van der Waals surface area contributed by atoms with Gasteiger partial charge in [-0.15, -0.1) is 11.6 Å². The van der Waals surface area contributed by atoms with Crippen molar-refractivity contribution in [2.24, 2.45) is 0 Å². The monoisotopic (exact) mass is 585 g/mol. The highest BCUT2D eigenvalue weighted by Gasteiger charge is 2.57. The highest BCUT2D eigenvalue weighted by atomic mass is 35.5. The number of hydrogen-bond donors (Lipinski definition) is 6. The van der Waals surface area contributed by atoms with Crippen molar-refractivity contribution >= 4 is 52.1 Å². The van der Waals surface area contributed by atoms with Gasteiger partial charge in [0.1, 0.15) is 17.5 Å². The fourth-order valence-electron chi connectivity index (χ4n) is 3.18. The average molecular weight is 586 g/mol. The van der Waals surface area contributed by atoms with E-state index in [1.165, 1.54) is 0 Å². The summed E-state index contributed by atoms with van der Waals surface area (Å²) in [6.07, 6.45) is -4.68. The maximum absolute atomic E-state index is 15.2. The van der Waals surface area contributed by atoms with Crippen molar-refractivity contribution in [1.82, 2.24) is 19.5 Å². The molecule has 0 aliphatic carbocycles. The Morgan fingerprint density at radius 3 is 2.46 bits per heavy atom. The Morgan fingerprint density at radius 2 is 1.89 bits per heavy atom. The minimum Gasteiger partial charge on any atom is -0.387 e. The zero-order chi connectivity index (χ0) is 26.4. The number of ether oxygens (including phenoxy) is 1. The number of nitrogens with zero attached hydrogens (tertiary/aromatic N) is 4. The number of nitrogens with one attached hydrogen (secondary N) is 1. The molecule has 6 atom stereocenters. The number of phosphoric ester groups is 1. The van der Waals surface area contributed by atoms with Gasteiger partial charge in [-0.1, -0.05) is 0 Å². The molecule has 0 aromatic carbocycles. The predicted molar refractivity (Wildman–Crippen MR) is 114 cm³/mol. The largest absolute Gasteiger partial charge is 0.490 e. The summed E-state index contributed by atoms with van der Waals surface area (Å²) < 4.78 is 67.9. The number of fused-ring (bicyclic) bond motifs is 1. The topological polar surface area (TPSA) is 245 Å². The molecule has 1 aliphatic heterocycles. The fourth-order valence-corrected chi connectivity index (χ4v) is 6.55. The van der Waals surface area contributed by atoms with Crippen LogP contribution in [0.2, 0.25) is 0 Å². The molecule has 2 aromatic heterocycles. The highest BCUT2D eigenvalue weighted by Crippen LogP contribution is 2.66. The molecule has 0 bridgehead atoms. The molecule has 3 rings (SSSR count). The Kier molecular flexibility index (Phi) is 8.12. The first-order chi connectivity index (χ1) is 16.0. The number of hydrogen-bond acceptors (Lipinski definition) is 12. The normalized spacial score (nSPS) is 28.7. The lowest BCUT2D eigenvalue weighted by Gasteiger charge is -2.29. The number of aliphatic hydroxyl groups is 1. The van der Waals surface area contributed by atoms with Crippen molar-refractivity contribution in [2.45, 2.75) is 31.0 Å². The molecule has 22 heteroatoms. The Balaban J connectivity index is 1.84. The lowest BCUT2D eigenvalue weighted by Crippen LogP contribution is -2.47. The third-order valence-corrected chi connectivity index (χ3v) is 8.86. The average Bonchev–Trinajstić information content (AvgIpc) is 3.23. The first kappa shape index (κ1) is 28.5. The van der Waals surface area contributed by atoms with Gasteiger partial charge in [0.2, 0.25) is 0 Å². The number of rotatable bonds is 10. The molecule has 0 amide bonds. The molecule has 1 aliphatic rings. The number of alkyl halides is 2. The molecule has 2 aromatic rings. The van der Waals surface area contributed by atoms with Gasteiger partial charge < -0.3 is 34.7 Å². The van der Waals surface area contributed by atoms with E-state index in [1.54, 1.807) is 14.0 Å². The summed E-state index contributed by atoms with van der Waals surface area (Å²) in [5, 5.41) is 13.3. The number of anilines is 1. The summed E-state index contributed by atoms with van der Waals surface area (Å²) in [6.45, 7) is 0.404. The van der Waals surface area contributed by atoms with E-state index in [2.05, 4.69) is 33.4 Å². The van der Waals surface area contributed by atoms with Gasteiger partial charge in [-0.2, -0.15) is 8.62 Å². The first-order valence-electron chi connectivity index (χ1n) is 9.26. The van der Waals surface area contributed by atoms with Gasteiger partial charge >= 0.3 is 23.5 Å². The molecule has 2 unspecified atom stereocenters. The van der Waals surface area contributed by atoms with E-state index in [0.29, 0.717) is 11.6 Å². The lowest BCUT2D eigenvalue weighted by molar-refractivity contribution is -0.111. The Labute approximate surface area is 200 Å². The van der Waals surface area contributed by atoms with Crippen LogP contribution in [0.15, 0.2) is 6.33 Å². The molecule has 0 saturated carbocycles. The van der Waals surface area contributed by atoms with Crippen LogP contribution in [0.5, 0.6) is 0 Å². The maximum atomic E-state index is 15.2. The summed E-state index contributed by atoms with van der Waals surface area (Å²) >= 11 is 5.86. The number of aliphatic hydroxyl groups excluding tert-OH is 1. The van der Waals surface area contributed by atoms with Gasteiger partial charge in [-0.05, 0) is 6.92 Å². The molecule has 3 heterocycles. The van der Waals surface area contributed by atoms with Gasteiger partial charge in [0, 0.05) is 7.05 Å². The van der Waals surface area contributed by atoms with E-state index in [4.69, 9.17) is 26.1 Å². The third kappa shape index (κ3) is 6.25. The second-order valence-corrected chi connectivity index (χ2v) is 11.8. The van der Waals surface area contributed by atoms with Crippen molar-refractivity contribution in [3.05, 3.63) is 12.2 Å². The molecule has 198 valence electrons. The second kappa shape index (κ2) is 9.99. The molecule has 0 spiro atoms. The predicted octanol–water partition coefficient (Wildman–Crippen LogP) is 0.725. The molecule has 1 saturated heterocycles. The number of aromatic nitrogens is 4. The second-order valence-electron chi connectivity index (χ2n) is 7.15. The summed E-state index contributed by atoms with van der Waals surface area (Å²) in [5.74, 6) is -0.0752. The van der Waals surface area contributed by atoms with Gasteiger partial charge in [-0.3, -0.25) is 9.09 Å². The van der Waals surface area contributed by atoms with Crippen molar-refractivity contribution in [1.29, 1.82) is 0 Å². The van der Waals surface area contributed by atoms with Crippen LogP contribution in [0, 0.1) is 6.92 Å². The van der Waals surface area contributed by atoms with Crippen LogP contribution in [0.3, 0.4) is 0 Å². The summed E-state index contributed by atoms with van der Waals surface area (Å²) in [6, 6.07) is 0. The number of phosphoric acid groups is 3. The van der Waals surface area contributed by atoms with Crippen LogP contribution in [-0.4, -0.2) is 81.6 Å². The van der Waals surface area contributed by atoms with Crippen LogP contribution in [0.4, 0.5) is 10.2 Å². The van der Waals surface area contributed by atoms with E-state index in [-0.39, 0.29) is 11.2 Å². The fraction of sp³-hybridized carbons (Fsp3) is 0.615. The smallest absolute Gasteiger partial charge is 0.387 e. The van der Waals surface area contributed by atoms with Crippen molar-refractivity contribution in [3.8, 4) is 0 Å². The minimum absolute atomic E-state index is 0.125. The van der Waals surface area contributed by atoms with E-state index in [1.807, 2.05) is 0 Å². The van der Waals surface area contributed by atoms with Crippen LogP contribution in [-0.2, 0) is 31.6 Å². The zero-order valence-electron chi connectivity index (χ0n) is 17.7. The Bertz CT molecular complexity index is 1250. The Morgan fingerprint density at radius 1 is 1.23 bits per heavy atom. The summed E-state index contributed by atoms with van der Waals surface area (Å²) in [7, 11) is -15.4. The molecule has 1 fully saturated rings. The number of imidazole rings is 1. The number of aryl methyl sites for hydroxylation is 1. The van der Waals surface area contributed by atoms with Gasteiger partial charge in [0.15, 0.2) is 29.4 Å². The van der Waals surface area contributed by atoms with E-state index in [9.17, 15) is 28.6 Å². The van der Waals surface area contributed by atoms with E-state index >= 15 is 4.39 Å². The van der Waals surface area contributed by atoms with Crippen LogP contribution >= 0.6 is 35.1 Å². The molecule has 35 heavy (non-hydrogen) atoms. The molecule has 17 nitrogen and oxygen atoms in total. The van der Waals surface area contributed by atoms with Crippen molar-refractivity contribution < 1.29 is 60.6 Å². The molecular formula is C13H20ClFN5O12P3. The summed E-state index contributed by atoms with van der Waals surface area (Å²) in [5.41, 5.74) is -1.82. The highest BCUT2D eigenvalue weighted by molar-refractivity contribution is 7.66. The summed E-state index contributed by atoms with van der Waals surface area (Å²) in [4.78, 5) is 48.5. The zero-order valence-corrected chi connectivity index (χ0v) is 21.1. The van der Waals surface area contributed by atoms with Crippen LogP contribution in [0.25, 0.3) is 11.2 Å². The number of halogens is 2. The quantitative estimate of drug-likeness (QED) is 0.166. The van der Waals surface area contributed by atoms with E-state index < -0.39 is 60.1 Å². The van der Waals surface area contributed by atoms with Gasteiger partial charge in [-0.25, -0.2) is 33.0 Å². The van der Waals surface area contributed by atoms with Crippen molar-refractivity contribution in [2.75, 3.05) is 24.9 Å². The minimum atomic E-state index is -5.79. The van der Waals surface area contributed by atoms with Crippen molar-refractivity contribution in [3.63, 3.8) is 0 Å². The van der Waals surface area contributed by atoms with Crippen LogP contribution in [0.1, 0.15) is 12.1 Å². The van der Waals surface area contributed by atoms with Gasteiger partial charge in [0.05, 0.1) is 18.8 Å². The SMILES string of the molecule is CNc1nc(C)nc2c1ncn2[C@@H]1O[C@](CCl)(COP(=O)(O)OP(=O)(O)OP(=O)(O)O)[C@@H](O)[C@H]1F.